The number of pyridine rings is 2. The molecule has 0 saturated carbocycles. The number of nitrogens with zero attached hydrogens (tertiary/aromatic N) is 5. The first kappa shape index (κ1) is 26.0. The summed E-state index contributed by atoms with van der Waals surface area (Å²) in [6, 6.07) is 17.8. The molecule has 0 aliphatic carbocycles. The summed E-state index contributed by atoms with van der Waals surface area (Å²) >= 11 is 0. The van der Waals surface area contributed by atoms with Crippen molar-refractivity contribution >= 4 is 17.0 Å². The van der Waals surface area contributed by atoms with E-state index < -0.39 is 0 Å². The molecule has 198 valence electrons. The van der Waals surface area contributed by atoms with Gasteiger partial charge in [0, 0.05) is 23.2 Å². The number of halogens is 1. The highest BCUT2D eigenvalue weighted by molar-refractivity contribution is 6.04. The lowest BCUT2D eigenvalue weighted by Crippen LogP contribution is -2.23. The molecular formula is C30H31FN8. The largest absolute Gasteiger partial charge is 0.382 e. The van der Waals surface area contributed by atoms with Crippen molar-refractivity contribution in [1.29, 1.82) is 0 Å². The van der Waals surface area contributed by atoms with Crippen molar-refractivity contribution in [2.24, 2.45) is 16.7 Å². The van der Waals surface area contributed by atoms with E-state index in [-0.39, 0.29) is 11.7 Å². The SMILES string of the molecule is CCc1nc2c(C)cc(C)nc2n1Cc1ccc(-c2cc(-c3cc(C)c(F)cn3)ccc2/C(N)=N/NN)cc1. The number of hydrazine groups is 1. The molecule has 0 bridgehead atoms. The maximum atomic E-state index is 13.8. The Morgan fingerprint density at radius 2 is 1.72 bits per heavy atom. The number of nitrogens with one attached hydrogen (secondary N) is 1. The molecule has 0 aliphatic heterocycles. The molecule has 5 N–H and O–H groups in total. The normalized spacial score (nSPS) is 11.8. The van der Waals surface area contributed by atoms with Crippen LogP contribution in [-0.4, -0.2) is 25.4 Å². The van der Waals surface area contributed by atoms with Crippen LogP contribution in [0.15, 0.2) is 65.9 Å². The predicted octanol–water partition coefficient (Wildman–Crippen LogP) is 4.92. The Hall–Kier alpha value is -4.63. The molecule has 0 radical (unpaired) electrons. The van der Waals surface area contributed by atoms with Crippen molar-refractivity contribution in [1.82, 2.24) is 25.1 Å². The highest BCUT2D eigenvalue weighted by Gasteiger charge is 2.15. The van der Waals surface area contributed by atoms with E-state index in [0.717, 1.165) is 56.9 Å². The molecule has 0 saturated heterocycles. The van der Waals surface area contributed by atoms with Crippen molar-refractivity contribution in [2.75, 3.05) is 0 Å². The average molecular weight is 523 g/mol. The Morgan fingerprint density at radius 3 is 2.41 bits per heavy atom. The molecule has 2 aromatic carbocycles. The minimum Gasteiger partial charge on any atom is -0.382 e. The molecule has 39 heavy (non-hydrogen) atoms. The van der Waals surface area contributed by atoms with Gasteiger partial charge in [-0.05, 0) is 72.9 Å². The van der Waals surface area contributed by atoms with Gasteiger partial charge < -0.3 is 10.3 Å². The number of imidazole rings is 1. The molecular weight excluding hydrogens is 491 g/mol. The van der Waals surface area contributed by atoms with Gasteiger partial charge in [0.25, 0.3) is 0 Å². The van der Waals surface area contributed by atoms with Gasteiger partial charge in [0.05, 0.1) is 18.4 Å². The molecule has 9 heteroatoms. The Labute approximate surface area is 226 Å². The Balaban J connectivity index is 1.55. The van der Waals surface area contributed by atoms with Gasteiger partial charge in [0.2, 0.25) is 0 Å². The zero-order chi connectivity index (χ0) is 27.7. The summed E-state index contributed by atoms with van der Waals surface area (Å²) in [5.41, 5.74) is 18.1. The van der Waals surface area contributed by atoms with Crippen LogP contribution in [0.4, 0.5) is 4.39 Å². The first-order valence-electron chi connectivity index (χ1n) is 12.8. The van der Waals surface area contributed by atoms with Crippen LogP contribution in [0.2, 0.25) is 0 Å². The second kappa shape index (κ2) is 10.6. The third-order valence-electron chi connectivity index (χ3n) is 6.85. The van der Waals surface area contributed by atoms with E-state index >= 15 is 0 Å². The molecule has 5 rings (SSSR count). The van der Waals surface area contributed by atoms with E-state index in [0.29, 0.717) is 23.4 Å². The number of amidine groups is 1. The minimum absolute atomic E-state index is 0.251. The van der Waals surface area contributed by atoms with Gasteiger partial charge in [0.15, 0.2) is 11.5 Å². The van der Waals surface area contributed by atoms with Crippen LogP contribution in [0.3, 0.4) is 0 Å². The van der Waals surface area contributed by atoms with E-state index in [9.17, 15) is 4.39 Å². The Morgan fingerprint density at radius 1 is 0.974 bits per heavy atom. The van der Waals surface area contributed by atoms with Crippen LogP contribution in [-0.2, 0) is 13.0 Å². The van der Waals surface area contributed by atoms with E-state index in [1.807, 2.05) is 25.1 Å². The summed E-state index contributed by atoms with van der Waals surface area (Å²) < 4.78 is 16.0. The monoisotopic (exact) mass is 522 g/mol. The molecule has 5 aromatic rings. The van der Waals surface area contributed by atoms with Gasteiger partial charge in [-0.2, -0.15) is 0 Å². The Bertz CT molecular complexity index is 1700. The highest BCUT2D eigenvalue weighted by atomic mass is 19.1. The summed E-state index contributed by atoms with van der Waals surface area (Å²) in [5, 5.41) is 3.98. The summed E-state index contributed by atoms with van der Waals surface area (Å²) in [6.07, 6.45) is 2.05. The van der Waals surface area contributed by atoms with Gasteiger partial charge in [-0.3, -0.25) is 4.98 Å². The fourth-order valence-electron chi connectivity index (χ4n) is 4.85. The van der Waals surface area contributed by atoms with E-state index in [1.54, 1.807) is 13.0 Å². The fourth-order valence-corrected chi connectivity index (χ4v) is 4.85. The molecule has 3 heterocycles. The first-order valence-corrected chi connectivity index (χ1v) is 12.8. The van der Waals surface area contributed by atoms with Crippen LogP contribution in [0.5, 0.6) is 0 Å². The lowest BCUT2D eigenvalue weighted by atomic mass is 9.94. The minimum atomic E-state index is -0.339. The number of benzene rings is 2. The summed E-state index contributed by atoms with van der Waals surface area (Å²) in [4.78, 5) is 13.9. The maximum absolute atomic E-state index is 13.8. The van der Waals surface area contributed by atoms with Crippen LogP contribution >= 0.6 is 0 Å². The molecule has 0 spiro atoms. The smallest absolute Gasteiger partial charge is 0.160 e. The van der Waals surface area contributed by atoms with Crippen LogP contribution in [0.1, 0.15) is 40.7 Å². The highest BCUT2D eigenvalue weighted by Crippen LogP contribution is 2.30. The lowest BCUT2D eigenvalue weighted by Gasteiger charge is -2.14. The molecule has 0 fully saturated rings. The van der Waals surface area contributed by atoms with Gasteiger partial charge in [-0.1, -0.05) is 37.3 Å². The predicted molar refractivity (Wildman–Crippen MR) is 153 cm³/mol. The molecule has 0 unspecified atom stereocenters. The number of aryl methyl sites for hydroxylation is 4. The number of hydrogen-bond donors (Lipinski definition) is 3. The quantitative estimate of drug-likeness (QED) is 0.121. The second-order valence-electron chi connectivity index (χ2n) is 9.62. The van der Waals surface area contributed by atoms with Crippen LogP contribution in [0.25, 0.3) is 33.5 Å². The fraction of sp³-hybridized carbons (Fsp3) is 0.200. The topological polar surface area (TPSA) is 120 Å². The number of rotatable bonds is 7. The lowest BCUT2D eigenvalue weighted by molar-refractivity contribution is 0.612. The van der Waals surface area contributed by atoms with Crippen LogP contribution < -0.4 is 17.1 Å². The summed E-state index contributed by atoms with van der Waals surface area (Å²) in [7, 11) is 0. The van der Waals surface area contributed by atoms with Crippen molar-refractivity contribution in [2.45, 2.75) is 40.7 Å². The number of hydrazone groups is 1. The number of fused-ring (bicyclic) bond motifs is 1. The molecule has 0 aliphatic rings. The van der Waals surface area contributed by atoms with Crippen molar-refractivity contribution in [3.63, 3.8) is 0 Å². The Kier molecular flexibility index (Phi) is 7.08. The number of aromatic nitrogens is 4. The molecule has 3 aromatic heterocycles. The number of hydrogen-bond acceptors (Lipinski definition) is 6. The third kappa shape index (κ3) is 5.08. The van der Waals surface area contributed by atoms with Crippen molar-refractivity contribution in [3.8, 4) is 22.4 Å². The van der Waals surface area contributed by atoms with Gasteiger partial charge in [-0.15, -0.1) is 5.10 Å². The van der Waals surface area contributed by atoms with Gasteiger partial charge in [0.1, 0.15) is 17.2 Å². The molecule has 0 amide bonds. The van der Waals surface area contributed by atoms with E-state index in [4.69, 9.17) is 21.5 Å². The van der Waals surface area contributed by atoms with Gasteiger partial charge in [-0.25, -0.2) is 25.7 Å². The second-order valence-corrected chi connectivity index (χ2v) is 9.62. The van der Waals surface area contributed by atoms with Crippen LogP contribution in [0, 0.1) is 26.6 Å². The number of nitrogens with two attached hydrogens (primary N) is 2. The average Bonchev–Trinajstić information content (AvgIpc) is 3.28. The maximum Gasteiger partial charge on any atom is 0.160 e. The van der Waals surface area contributed by atoms with E-state index in [1.165, 1.54) is 6.20 Å². The zero-order valence-corrected chi connectivity index (χ0v) is 22.5. The van der Waals surface area contributed by atoms with Crippen molar-refractivity contribution < 1.29 is 4.39 Å². The third-order valence-corrected chi connectivity index (χ3v) is 6.85. The first-order chi connectivity index (χ1) is 18.8. The zero-order valence-electron chi connectivity index (χ0n) is 22.5. The standard InChI is InChI=1S/C30H31FN8/c1-5-27-36-28-18(3)12-19(4)35-30(28)39(27)16-20-6-8-21(9-7-20)24-14-22(10-11-23(24)29(32)37-38-33)26-13-17(2)25(31)15-34-26/h6-15,38H,5,16,33H2,1-4H3,(H2,32,37). The molecule has 0 atom stereocenters. The summed E-state index contributed by atoms with van der Waals surface area (Å²) in [5.74, 6) is 6.31. The van der Waals surface area contributed by atoms with Crippen molar-refractivity contribution in [3.05, 3.63) is 100 Å². The molecule has 8 nitrogen and oxygen atoms in total. The van der Waals surface area contributed by atoms with E-state index in [2.05, 4.69) is 64.4 Å². The summed E-state index contributed by atoms with van der Waals surface area (Å²) in [6.45, 7) is 8.57. The van der Waals surface area contributed by atoms with Gasteiger partial charge >= 0.3 is 0 Å².